The van der Waals surface area contributed by atoms with E-state index in [1.54, 1.807) is 19.3 Å². The molecule has 2 atom stereocenters. The number of rotatable bonds is 5. The van der Waals surface area contributed by atoms with E-state index in [1.807, 2.05) is 24.4 Å². The van der Waals surface area contributed by atoms with Crippen molar-refractivity contribution in [3.05, 3.63) is 59.7 Å². The lowest BCUT2D eigenvalue weighted by molar-refractivity contribution is 0.0963. The van der Waals surface area contributed by atoms with Gasteiger partial charge in [0.05, 0.1) is 11.3 Å². The van der Waals surface area contributed by atoms with Gasteiger partial charge in [-0.2, -0.15) is 0 Å². The summed E-state index contributed by atoms with van der Waals surface area (Å²) in [6.45, 7) is 3.65. The molecule has 1 aliphatic heterocycles. The Bertz CT molecular complexity index is 1020. The van der Waals surface area contributed by atoms with Gasteiger partial charge in [0.2, 0.25) is 0 Å². The number of carbonyl (C=O) groups is 1. The molecule has 1 aliphatic rings. The second-order valence-corrected chi connectivity index (χ2v) is 7.64. The van der Waals surface area contributed by atoms with Crippen LogP contribution in [0.1, 0.15) is 35.7 Å². The van der Waals surface area contributed by atoms with Crippen LogP contribution in [0.4, 0.5) is 10.1 Å². The third-order valence-corrected chi connectivity index (χ3v) is 5.75. The van der Waals surface area contributed by atoms with Crippen LogP contribution in [0.2, 0.25) is 0 Å². The molecule has 0 radical (unpaired) electrons. The van der Waals surface area contributed by atoms with E-state index in [9.17, 15) is 9.18 Å². The second-order valence-electron chi connectivity index (χ2n) is 7.64. The first kappa shape index (κ1) is 19.4. The normalized spacial score (nSPS) is 20.0. The van der Waals surface area contributed by atoms with Gasteiger partial charge < -0.3 is 15.6 Å². The number of hydrogen-bond acceptors (Lipinski definition) is 4. The second kappa shape index (κ2) is 8.21. The van der Waals surface area contributed by atoms with Crippen LogP contribution < -0.4 is 10.6 Å². The molecule has 1 amide bonds. The molecule has 0 bridgehead atoms. The zero-order valence-corrected chi connectivity index (χ0v) is 16.7. The highest BCUT2D eigenvalue weighted by molar-refractivity contribution is 6.06. The number of hydrogen-bond donors (Lipinski definition) is 3. The van der Waals surface area contributed by atoms with E-state index in [4.69, 9.17) is 0 Å². The molecule has 0 unspecified atom stereocenters. The molecule has 2 aromatic heterocycles. The SMILES string of the molecule is CNC(=O)c1cnc2[nH]ccc2c1N[C@@H]1CCN(Cc2ccccc2F)[C@H](C)C1. The van der Waals surface area contributed by atoms with E-state index < -0.39 is 0 Å². The fourth-order valence-corrected chi connectivity index (χ4v) is 4.11. The number of amides is 1. The molecule has 1 saturated heterocycles. The van der Waals surface area contributed by atoms with Crippen LogP contribution in [-0.2, 0) is 6.54 Å². The van der Waals surface area contributed by atoms with Gasteiger partial charge in [-0.3, -0.25) is 9.69 Å². The number of H-pyrrole nitrogens is 1. The van der Waals surface area contributed by atoms with Gasteiger partial charge in [0.25, 0.3) is 5.91 Å². The molecule has 4 rings (SSSR count). The number of aromatic nitrogens is 2. The highest BCUT2D eigenvalue weighted by atomic mass is 19.1. The van der Waals surface area contributed by atoms with Crippen molar-refractivity contribution in [1.82, 2.24) is 20.2 Å². The molecule has 0 aliphatic carbocycles. The highest BCUT2D eigenvalue weighted by Crippen LogP contribution is 2.29. The van der Waals surface area contributed by atoms with Crippen LogP contribution in [0.5, 0.6) is 0 Å². The monoisotopic (exact) mass is 395 g/mol. The number of fused-ring (bicyclic) bond motifs is 1. The molecular formula is C22H26FN5O. The summed E-state index contributed by atoms with van der Waals surface area (Å²) in [5.74, 6) is -0.310. The summed E-state index contributed by atoms with van der Waals surface area (Å²) < 4.78 is 14.0. The zero-order valence-electron chi connectivity index (χ0n) is 16.7. The first-order valence-corrected chi connectivity index (χ1v) is 9.99. The Morgan fingerprint density at radius 2 is 2.17 bits per heavy atom. The fraction of sp³-hybridized carbons (Fsp3) is 0.364. The molecule has 3 heterocycles. The molecule has 7 heteroatoms. The average molecular weight is 395 g/mol. The maximum Gasteiger partial charge on any atom is 0.254 e. The van der Waals surface area contributed by atoms with Gasteiger partial charge in [0.1, 0.15) is 11.5 Å². The van der Waals surface area contributed by atoms with Crippen molar-refractivity contribution in [3.8, 4) is 0 Å². The highest BCUT2D eigenvalue weighted by Gasteiger charge is 2.27. The molecule has 152 valence electrons. The Morgan fingerprint density at radius 3 is 2.93 bits per heavy atom. The van der Waals surface area contributed by atoms with Crippen LogP contribution in [0.3, 0.4) is 0 Å². The summed E-state index contributed by atoms with van der Waals surface area (Å²) in [4.78, 5) is 22.1. The fourth-order valence-electron chi connectivity index (χ4n) is 4.11. The van der Waals surface area contributed by atoms with Crippen LogP contribution in [-0.4, -0.2) is 46.5 Å². The minimum atomic E-state index is -0.159. The van der Waals surface area contributed by atoms with Crippen molar-refractivity contribution >= 4 is 22.6 Å². The predicted molar refractivity (Wildman–Crippen MR) is 112 cm³/mol. The summed E-state index contributed by atoms with van der Waals surface area (Å²) in [6, 6.07) is 9.43. The number of piperidine rings is 1. The molecule has 1 fully saturated rings. The first-order valence-electron chi connectivity index (χ1n) is 9.99. The Labute approximate surface area is 169 Å². The van der Waals surface area contributed by atoms with E-state index in [0.29, 0.717) is 18.2 Å². The van der Waals surface area contributed by atoms with Crippen molar-refractivity contribution in [2.75, 3.05) is 18.9 Å². The van der Waals surface area contributed by atoms with Crippen molar-refractivity contribution < 1.29 is 9.18 Å². The standard InChI is InChI=1S/C22H26FN5O/c1-14-11-16(8-10-28(14)13-15-5-3-4-6-19(15)23)27-20-17-7-9-25-21(17)26-12-18(20)22(29)24-2/h3-7,9,12,14,16H,8,10-11,13H2,1-2H3,(H,24,29)(H2,25,26,27)/t14-,16-/m1/s1. The maximum absolute atomic E-state index is 14.0. The van der Waals surface area contributed by atoms with Crippen molar-refractivity contribution in [2.24, 2.45) is 0 Å². The molecule has 3 N–H and O–H groups in total. The number of benzene rings is 1. The van der Waals surface area contributed by atoms with Gasteiger partial charge in [0.15, 0.2) is 0 Å². The molecule has 29 heavy (non-hydrogen) atoms. The summed E-state index contributed by atoms with van der Waals surface area (Å²) >= 11 is 0. The molecule has 3 aromatic rings. The quantitative estimate of drug-likeness (QED) is 0.618. The largest absolute Gasteiger partial charge is 0.381 e. The minimum absolute atomic E-state index is 0.151. The Balaban J connectivity index is 1.50. The average Bonchev–Trinajstić information content (AvgIpc) is 3.20. The van der Waals surface area contributed by atoms with Gasteiger partial charge in [-0.15, -0.1) is 0 Å². The van der Waals surface area contributed by atoms with Crippen LogP contribution >= 0.6 is 0 Å². The van der Waals surface area contributed by atoms with Crippen LogP contribution in [0, 0.1) is 5.82 Å². The number of nitrogens with zero attached hydrogens (tertiary/aromatic N) is 2. The van der Waals surface area contributed by atoms with Crippen molar-refractivity contribution in [3.63, 3.8) is 0 Å². The van der Waals surface area contributed by atoms with Gasteiger partial charge in [-0.25, -0.2) is 9.37 Å². The number of likely N-dealkylation sites (tertiary alicyclic amines) is 1. The Kier molecular flexibility index (Phi) is 5.49. The van der Waals surface area contributed by atoms with Crippen molar-refractivity contribution in [2.45, 2.75) is 38.4 Å². The third kappa shape index (κ3) is 3.96. The Hall–Kier alpha value is -2.93. The van der Waals surface area contributed by atoms with Crippen LogP contribution in [0.15, 0.2) is 42.7 Å². The van der Waals surface area contributed by atoms with Crippen LogP contribution in [0.25, 0.3) is 11.0 Å². The van der Waals surface area contributed by atoms with E-state index in [0.717, 1.165) is 41.7 Å². The summed E-state index contributed by atoms with van der Waals surface area (Å²) in [6.07, 6.45) is 5.27. The molecule has 0 saturated carbocycles. The Morgan fingerprint density at radius 1 is 1.34 bits per heavy atom. The predicted octanol–water partition coefficient (Wildman–Crippen LogP) is 3.53. The summed E-state index contributed by atoms with van der Waals surface area (Å²) in [7, 11) is 1.62. The van der Waals surface area contributed by atoms with E-state index in [-0.39, 0.29) is 17.8 Å². The van der Waals surface area contributed by atoms with Gasteiger partial charge >= 0.3 is 0 Å². The lowest BCUT2D eigenvalue weighted by Crippen LogP contribution is -2.44. The molecular weight excluding hydrogens is 369 g/mol. The minimum Gasteiger partial charge on any atom is -0.381 e. The third-order valence-electron chi connectivity index (χ3n) is 5.75. The number of carbonyl (C=O) groups excluding carboxylic acids is 1. The first-order chi connectivity index (χ1) is 14.1. The smallest absolute Gasteiger partial charge is 0.254 e. The topological polar surface area (TPSA) is 73.0 Å². The van der Waals surface area contributed by atoms with E-state index in [2.05, 4.69) is 32.4 Å². The molecule has 1 aromatic carbocycles. The summed E-state index contributed by atoms with van der Waals surface area (Å²) in [5, 5.41) is 7.20. The number of aromatic amines is 1. The summed E-state index contributed by atoms with van der Waals surface area (Å²) in [5.41, 5.74) is 2.84. The lowest BCUT2D eigenvalue weighted by Gasteiger charge is -2.38. The van der Waals surface area contributed by atoms with Gasteiger partial charge in [-0.05, 0) is 31.9 Å². The van der Waals surface area contributed by atoms with E-state index >= 15 is 0 Å². The number of halogens is 1. The van der Waals surface area contributed by atoms with Crippen molar-refractivity contribution in [1.29, 1.82) is 0 Å². The number of pyridine rings is 1. The molecule has 0 spiro atoms. The number of nitrogens with one attached hydrogen (secondary N) is 3. The number of anilines is 1. The maximum atomic E-state index is 14.0. The van der Waals surface area contributed by atoms with E-state index in [1.165, 1.54) is 6.07 Å². The molecule has 6 nitrogen and oxygen atoms in total. The van der Waals surface area contributed by atoms with Gasteiger partial charge in [-0.1, -0.05) is 18.2 Å². The van der Waals surface area contributed by atoms with Gasteiger partial charge in [0, 0.05) is 55.6 Å². The zero-order chi connectivity index (χ0) is 20.4. The lowest BCUT2D eigenvalue weighted by atomic mass is 9.96.